The van der Waals surface area contributed by atoms with Gasteiger partial charge in [-0.3, -0.25) is 9.69 Å². The van der Waals surface area contributed by atoms with Crippen LogP contribution in [-0.2, 0) is 11.3 Å². The van der Waals surface area contributed by atoms with Crippen LogP contribution in [0.25, 0.3) is 22.6 Å². The average molecular weight is 534 g/mol. The number of fused-ring (bicyclic) bond motifs is 1. The van der Waals surface area contributed by atoms with Crippen LogP contribution in [0, 0.1) is 12.8 Å². The molecule has 0 spiro atoms. The molecule has 0 atom stereocenters. The van der Waals surface area contributed by atoms with E-state index in [1.165, 1.54) is 11.1 Å². The van der Waals surface area contributed by atoms with Crippen LogP contribution in [0.4, 0.5) is 5.69 Å². The molecular formula is C28H28BrN3O3. The molecule has 1 saturated heterocycles. The van der Waals surface area contributed by atoms with Gasteiger partial charge in [-0.1, -0.05) is 29.8 Å². The van der Waals surface area contributed by atoms with E-state index in [4.69, 9.17) is 9.15 Å². The van der Waals surface area contributed by atoms with Gasteiger partial charge in [0.15, 0.2) is 5.58 Å². The van der Waals surface area contributed by atoms with Crippen LogP contribution < -0.4 is 10.1 Å². The predicted octanol–water partition coefficient (Wildman–Crippen LogP) is 6.43. The lowest BCUT2D eigenvalue weighted by molar-refractivity contribution is -0.121. The van der Waals surface area contributed by atoms with Crippen LogP contribution in [0.2, 0.25) is 0 Å². The first-order valence-electron chi connectivity index (χ1n) is 11.8. The number of hydrogen-bond acceptors (Lipinski definition) is 5. The molecule has 6 nitrogen and oxygen atoms in total. The monoisotopic (exact) mass is 533 g/mol. The number of hydrogen-bond donors (Lipinski definition) is 1. The second-order valence-electron chi connectivity index (χ2n) is 9.07. The molecule has 0 aliphatic carbocycles. The van der Waals surface area contributed by atoms with Gasteiger partial charge in [0, 0.05) is 28.7 Å². The fourth-order valence-electron chi connectivity index (χ4n) is 4.46. The molecule has 35 heavy (non-hydrogen) atoms. The molecule has 180 valence electrons. The van der Waals surface area contributed by atoms with Crippen molar-refractivity contribution in [1.82, 2.24) is 9.88 Å². The molecule has 1 aromatic heterocycles. The number of piperidine rings is 1. The summed E-state index contributed by atoms with van der Waals surface area (Å²) < 4.78 is 12.1. The molecule has 0 unspecified atom stereocenters. The summed E-state index contributed by atoms with van der Waals surface area (Å²) in [6.07, 6.45) is 1.72. The molecule has 7 heteroatoms. The van der Waals surface area contributed by atoms with Crippen LogP contribution in [0.1, 0.15) is 24.0 Å². The van der Waals surface area contributed by atoms with E-state index in [-0.39, 0.29) is 11.8 Å². The largest absolute Gasteiger partial charge is 0.497 e. The van der Waals surface area contributed by atoms with Crippen LogP contribution in [-0.4, -0.2) is 36.0 Å². The molecule has 2 heterocycles. The van der Waals surface area contributed by atoms with Crippen molar-refractivity contribution >= 4 is 38.6 Å². The molecular weight excluding hydrogens is 506 g/mol. The number of methoxy groups -OCH3 is 1. The van der Waals surface area contributed by atoms with Crippen molar-refractivity contribution in [2.24, 2.45) is 5.92 Å². The number of nitrogens with zero attached hydrogens (tertiary/aromatic N) is 2. The third-order valence-corrected chi connectivity index (χ3v) is 7.20. The molecule has 3 aromatic carbocycles. The lowest BCUT2D eigenvalue weighted by atomic mass is 9.95. The van der Waals surface area contributed by atoms with Gasteiger partial charge >= 0.3 is 0 Å². The van der Waals surface area contributed by atoms with Crippen molar-refractivity contribution < 1.29 is 13.9 Å². The second-order valence-corrected chi connectivity index (χ2v) is 9.93. The predicted molar refractivity (Wildman–Crippen MR) is 142 cm³/mol. The molecule has 1 N–H and O–H groups in total. The van der Waals surface area contributed by atoms with Gasteiger partial charge in [-0.15, -0.1) is 0 Å². The van der Waals surface area contributed by atoms with Crippen LogP contribution in [0.5, 0.6) is 5.75 Å². The summed E-state index contributed by atoms with van der Waals surface area (Å²) in [6, 6.07) is 19.9. The molecule has 5 rings (SSSR count). The lowest BCUT2D eigenvalue weighted by Crippen LogP contribution is -2.37. The van der Waals surface area contributed by atoms with Gasteiger partial charge in [-0.25, -0.2) is 4.98 Å². The molecule has 0 bridgehead atoms. The first-order chi connectivity index (χ1) is 17.0. The Balaban J connectivity index is 1.21. The van der Waals surface area contributed by atoms with E-state index in [0.717, 1.165) is 59.5 Å². The lowest BCUT2D eigenvalue weighted by Gasteiger charge is -2.31. The van der Waals surface area contributed by atoms with Crippen LogP contribution in [0.3, 0.4) is 0 Å². The quantitative estimate of drug-likeness (QED) is 0.309. The summed E-state index contributed by atoms with van der Waals surface area (Å²) in [7, 11) is 1.63. The van der Waals surface area contributed by atoms with Crippen LogP contribution in [0.15, 0.2) is 69.6 Å². The Morgan fingerprint density at radius 1 is 1.11 bits per heavy atom. The number of rotatable bonds is 6. The number of likely N-dealkylation sites (tertiary alicyclic amines) is 1. The number of carbonyl (C=O) groups is 1. The molecule has 1 aliphatic rings. The Morgan fingerprint density at radius 3 is 2.60 bits per heavy atom. The molecule has 0 saturated carbocycles. The van der Waals surface area contributed by atoms with E-state index >= 15 is 0 Å². The number of benzene rings is 3. The highest BCUT2D eigenvalue weighted by Crippen LogP contribution is 2.33. The van der Waals surface area contributed by atoms with E-state index in [1.54, 1.807) is 7.11 Å². The number of amides is 1. The van der Waals surface area contributed by atoms with E-state index in [0.29, 0.717) is 11.5 Å². The number of carbonyl (C=O) groups excluding carboxylic acids is 1. The number of halogens is 1. The standard InChI is InChI=1S/C28H28BrN3O3/c1-18-3-5-19(6-4-18)17-32-13-11-20(12-14-32)27(33)30-21-7-10-25-26(15-21)35-28(31-25)23-9-8-22(34-2)16-24(23)29/h3-10,15-16,20H,11-14,17H2,1-2H3,(H,30,33). The van der Waals surface area contributed by atoms with Gasteiger partial charge in [0.1, 0.15) is 11.3 Å². The molecule has 1 aliphatic heterocycles. The van der Waals surface area contributed by atoms with Gasteiger partial charge in [0.2, 0.25) is 11.8 Å². The Morgan fingerprint density at radius 2 is 1.89 bits per heavy atom. The van der Waals surface area contributed by atoms with Gasteiger partial charge < -0.3 is 14.5 Å². The van der Waals surface area contributed by atoms with Crippen molar-refractivity contribution in [2.75, 3.05) is 25.5 Å². The minimum absolute atomic E-state index is 0.0144. The number of oxazole rings is 1. The first-order valence-corrected chi connectivity index (χ1v) is 12.6. The normalized spacial score (nSPS) is 14.8. The summed E-state index contributed by atoms with van der Waals surface area (Å²) in [5.41, 5.74) is 5.53. The maximum Gasteiger partial charge on any atom is 0.228 e. The van der Waals surface area contributed by atoms with E-state index in [9.17, 15) is 4.79 Å². The summed E-state index contributed by atoms with van der Waals surface area (Å²) >= 11 is 3.56. The fraction of sp³-hybridized carbons (Fsp3) is 0.286. The van der Waals surface area contributed by atoms with Gasteiger partial charge in [-0.05, 0) is 84.7 Å². The number of aromatic nitrogens is 1. The Labute approximate surface area is 213 Å². The molecule has 1 fully saturated rings. The smallest absolute Gasteiger partial charge is 0.228 e. The highest BCUT2D eigenvalue weighted by Gasteiger charge is 2.25. The van der Waals surface area contributed by atoms with Crippen molar-refractivity contribution in [3.05, 3.63) is 76.3 Å². The maximum absolute atomic E-state index is 12.9. The number of ether oxygens (including phenoxy) is 1. The zero-order chi connectivity index (χ0) is 24.4. The minimum atomic E-state index is 0.0144. The topological polar surface area (TPSA) is 67.6 Å². The number of anilines is 1. The molecule has 1 amide bonds. The van der Waals surface area contributed by atoms with E-state index in [2.05, 4.69) is 62.3 Å². The molecule has 0 radical (unpaired) electrons. The van der Waals surface area contributed by atoms with Gasteiger partial charge in [0.05, 0.1) is 12.7 Å². The summed E-state index contributed by atoms with van der Waals surface area (Å²) in [5, 5.41) is 3.08. The maximum atomic E-state index is 12.9. The van der Waals surface area contributed by atoms with Gasteiger partial charge in [-0.2, -0.15) is 0 Å². The average Bonchev–Trinajstić information content (AvgIpc) is 3.29. The Hall–Kier alpha value is -3.16. The van der Waals surface area contributed by atoms with Crippen molar-refractivity contribution in [3.8, 4) is 17.2 Å². The summed E-state index contributed by atoms with van der Waals surface area (Å²) in [6.45, 7) is 4.89. The number of aryl methyl sites for hydroxylation is 1. The summed E-state index contributed by atoms with van der Waals surface area (Å²) in [4.78, 5) is 20.0. The summed E-state index contributed by atoms with van der Waals surface area (Å²) in [5.74, 6) is 1.35. The molecule has 4 aromatic rings. The van der Waals surface area contributed by atoms with Crippen molar-refractivity contribution in [1.29, 1.82) is 0 Å². The van der Waals surface area contributed by atoms with E-state index in [1.807, 2.05) is 36.4 Å². The first kappa shape index (κ1) is 23.6. The highest BCUT2D eigenvalue weighted by atomic mass is 79.9. The van der Waals surface area contributed by atoms with Crippen LogP contribution >= 0.6 is 15.9 Å². The second kappa shape index (κ2) is 10.2. The zero-order valence-electron chi connectivity index (χ0n) is 19.9. The van der Waals surface area contributed by atoms with Gasteiger partial charge in [0.25, 0.3) is 0 Å². The third kappa shape index (κ3) is 5.41. The van der Waals surface area contributed by atoms with Crippen molar-refractivity contribution in [3.63, 3.8) is 0 Å². The Kier molecular flexibility index (Phi) is 6.88. The van der Waals surface area contributed by atoms with Crippen molar-refractivity contribution in [2.45, 2.75) is 26.3 Å². The Bertz CT molecular complexity index is 1340. The third-order valence-electron chi connectivity index (χ3n) is 6.55. The SMILES string of the molecule is COc1ccc(-c2nc3ccc(NC(=O)C4CCN(Cc5ccc(C)cc5)CC4)cc3o2)c(Br)c1. The van der Waals surface area contributed by atoms with E-state index < -0.39 is 0 Å². The fourth-order valence-corrected chi connectivity index (χ4v) is 4.99. The number of nitrogens with one attached hydrogen (secondary N) is 1. The highest BCUT2D eigenvalue weighted by molar-refractivity contribution is 9.10. The minimum Gasteiger partial charge on any atom is -0.497 e. The zero-order valence-corrected chi connectivity index (χ0v) is 21.5.